The molecule has 3 rings (SSSR count). The van der Waals surface area contributed by atoms with Crippen LogP contribution in [0.15, 0.2) is 29.0 Å². The summed E-state index contributed by atoms with van der Waals surface area (Å²) in [4.78, 5) is 8.61. The minimum Gasteiger partial charge on any atom is -0.361 e. The largest absolute Gasteiger partial charge is 0.361 e. The van der Waals surface area contributed by atoms with E-state index in [4.69, 9.17) is 16.1 Å². The van der Waals surface area contributed by atoms with E-state index >= 15 is 0 Å². The number of alkyl halides is 1. The predicted octanol–water partition coefficient (Wildman–Crippen LogP) is 3.08. The van der Waals surface area contributed by atoms with Gasteiger partial charge in [0.2, 0.25) is 0 Å². The van der Waals surface area contributed by atoms with Crippen LogP contribution in [0.25, 0.3) is 11.0 Å². The zero-order chi connectivity index (χ0) is 13.4. The minimum atomic E-state index is -0.180. The van der Waals surface area contributed by atoms with Crippen LogP contribution in [0.1, 0.15) is 29.6 Å². The number of pyridine rings is 1. The zero-order valence-corrected chi connectivity index (χ0v) is 11.4. The van der Waals surface area contributed by atoms with Crippen LogP contribution in [0, 0.1) is 6.92 Å². The third kappa shape index (κ3) is 2.21. The van der Waals surface area contributed by atoms with Crippen LogP contribution in [0.4, 0.5) is 0 Å². The van der Waals surface area contributed by atoms with Gasteiger partial charge in [0.25, 0.3) is 0 Å². The molecule has 6 heteroatoms. The zero-order valence-electron chi connectivity index (χ0n) is 10.7. The smallest absolute Gasteiger partial charge is 0.133 e. The van der Waals surface area contributed by atoms with Crippen LogP contribution in [-0.4, -0.2) is 19.7 Å². The van der Waals surface area contributed by atoms with Gasteiger partial charge in [-0.3, -0.25) is 4.98 Å². The predicted molar refractivity (Wildman–Crippen MR) is 72.1 cm³/mol. The van der Waals surface area contributed by atoms with Gasteiger partial charge in [0.1, 0.15) is 22.8 Å². The molecule has 3 aromatic rings. The van der Waals surface area contributed by atoms with Gasteiger partial charge in [-0.2, -0.15) is 0 Å². The Bertz CT molecular complexity index is 716. The SMILES string of the molecule is Cc1cc(Cn2c(C(C)Cl)nc3cnccc32)no1. The molecule has 0 saturated carbocycles. The summed E-state index contributed by atoms with van der Waals surface area (Å²) in [7, 11) is 0. The van der Waals surface area contributed by atoms with Gasteiger partial charge in [0, 0.05) is 12.3 Å². The Hall–Kier alpha value is -1.88. The van der Waals surface area contributed by atoms with Crippen molar-refractivity contribution in [1.29, 1.82) is 0 Å². The summed E-state index contributed by atoms with van der Waals surface area (Å²) >= 11 is 6.20. The maximum absolute atomic E-state index is 6.20. The highest BCUT2D eigenvalue weighted by molar-refractivity contribution is 6.20. The number of aryl methyl sites for hydroxylation is 1. The monoisotopic (exact) mass is 276 g/mol. The molecule has 19 heavy (non-hydrogen) atoms. The van der Waals surface area contributed by atoms with Crippen molar-refractivity contribution < 1.29 is 4.52 Å². The fourth-order valence-electron chi connectivity index (χ4n) is 2.12. The first-order valence-corrected chi connectivity index (χ1v) is 6.45. The van der Waals surface area contributed by atoms with Crippen molar-refractivity contribution in [3.63, 3.8) is 0 Å². The highest BCUT2D eigenvalue weighted by Crippen LogP contribution is 2.24. The first kappa shape index (κ1) is 12.2. The summed E-state index contributed by atoms with van der Waals surface area (Å²) in [5.74, 6) is 1.60. The first-order chi connectivity index (χ1) is 9.15. The van der Waals surface area contributed by atoms with Crippen LogP contribution in [0.2, 0.25) is 0 Å². The molecule has 3 aromatic heterocycles. The highest BCUT2D eigenvalue weighted by atomic mass is 35.5. The van der Waals surface area contributed by atoms with Gasteiger partial charge in [0.15, 0.2) is 0 Å². The molecule has 0 fully saturated rings. The van der Waals surface area contributed by atoms with Crippen molar-refractivity contribution in [3.8, 4) is 0 Å². The van der Waals surface area contributed by atoms with E-state index < -0.39 is 0 Å². The summed E-state index contributed by atoms with van der Waals surface area (Å²) < 4.78 is 7.14. The number of hydrogen-bond acceptors (Lipinski definition) is 4. The lowest BCUT2D eigenvalue weighted by atomic mass is 10.3. The molecule has 0 saturated heterocycles. The molecule has 1 unspecified atom stereocenters. The second-order valence-electron chi connectivity index (χ2n) is 4.47. The van der Waals surface area contributed by atoms with Crippen LogP contribution >= 0.6 is 11.6 Å². The first-order valence-electron chi connectivity index (χ1n) is 6.01. The van der Waals surface area contributed by atoms with E-state index in [0.717, 1.165) is 28.3 Å². The van der Waals surface area contributed by atoms with Gasteiger partial charge >= 0.3 is 0 Å². The van der Waals surface area contributed by atoms with E-state index in [0.29, 0.717) is 6.54 Å². The van der Waals surface area contributed by atoms with Crippen molar-refractivity contribution in [2.24, 2.45) is 0 Å². The number of aromatic nitrogens is 4. The minimum absolute atomic E-state index is 0.180. The maximum Gasteiger partial charge on any atom is 0.133 e. The average molecular weight is 277 g/mol. The molecule has 5 nitrogen and oxygen atoms in total. The van der Waals surface area contributed by atoms with Gasteiger partial charge in [-0.05, 0) is 19.9 Å². The van der Waals surface area contributed by atoms with Crippen LogP contribution in [0.5, 0.6) is 0 Å². The van der Waals surface area contributed by atoms with Gasteiger partial charge < -0.3 is 9.09 Å². The van der Waals surface area contributed by atoms with E-state index in [-0.39, 0.29) is 5.38 Å². The molecule has 0 aromatic carbocycles. The maximum atomic E-state index is 6.20. The lowest BCUT2D eigenvalue weighted by molar-refractivity contribution is 0.389. The summed E-state index contributed by atoms with van der Waals surface area (Å²) in [5.41, 5.74) is 2.69. The third-order valence-electron chi connectivity index (χ3n) is 2.93. The van der Waals surface area contributed by atoms with E-state index in [1.54, 1.807) is 12.4 Å². The van der Waals surface area contributed by atoms with Crippen molar-refractivity contribution >= 4 is 22.6 Å². The Labute approximate surface area is 115 Å². The highest BCUT2D eigenvalue weighted by Gasteiger charge is 2.16. The topological polar surface area (TPSA) is 56.7 Å². The normalized spacial score (nSPS) is 13.0. The van der Waals surface area contributed by atoms with Crippen LogP contribution in [-0.2, 0) is 6.54 Å². The third-order valence-corrected chi connectivity index (χ3v) is 3.13. The Morgan fingerprint density at radius 3 is 3.00 bits per heavy atom. The molecule has 0 aliphatic carbocycles. The molecule has 0 amide bonds. The Morgan fingerprint density at radius 1 is 1.47 bits per heavy atom. The molecule has 0 bridgehead atoms. The molecule has 98 valence electrons. The van der Waals surface area contributed by atoms with Crippen molar-refractivity contribution in [1.82, 2.24) is 19.7 Å². The molecule has 0 N–H and O–H groups in total. The Balaban J connectivity index is 2.12. The molecular formula is C13H13ClN4O. The van der Waals surface area contributed by atoms with Crippen molar-refractivity contribution in [2.75, 3.05) is 0 Å². The summed E-state index contributed by atoms with van der Waals surface area (Å²) in [5, 5.41) is 3.84. The van der Waals surface area contributed by atoms with Gasteiger partial charge in [-0.15, -0.1) is 11.6 Å². The van der Waals surface area contributed by atoms with Crippen molar-refractivity contribution in [2.45, 2.75) is 25.8 Å². The average Bonchev–Trinajstić information content (AvgIpc) is 2.95. The van der Waals surface area contributed by atoms with Gasteiger partial charge in [0.05, 0.1) is 23.6 Å². The second-order valence-corrected chi connectivity index (χ2v) is 5.12. The Morgan fingerprint density at radius 2 is 2.32 bits per heavy atom. The quantitative estimate of drug-likeness (QED) is 0.690. The lowest BCUT2D eigenvalue weighted by Crippen LogP contribution is -2.06. The molecule has 0 radical (unpaired) electrons. The summed E-state index contributed by atoms with van der Waals surface area (Å²) in [6, 6.07) is 3.84. The van der Waals surface area contributed by atoms with Gasteiger partial charge in [-0.1, -0.05) is 5.16 Å². The second kappa shape index (κ2) is 4.66. The molecule has 0 spiro atoms. The van der Waals surface area contributed by atoms with Crippen LogP contribution < -0.4 is 0 Å². The van der Waals surface area contributed by atoms with Gasteiger partial charge in [-0.25, -0.2) is 4.98 Å². The fourth-order valence-corrected chi connectivity index (χ4v) is 2.29. The fraction of sp³-hybridized carbons (Fsp3) is 0.308. The lowest BCUT2D eigenvalue weighted by Gasteiger charge is -2.08. The number of imidazole rings is 1. The van der Waals surface area contributed by atoms with Crippen molar-refractivity contribution in [3.05, 3.63) is 41.8 Å². The number of fused-ring (bicyclic) bond motifs is 1. The summed E-state index contributed by atoms with van der Waals surface area (Å²) in [6.07, 6.45) is 3.49. The molecule has 3 heterocycles. The van der Waals surface area contributed by atoms with E-state index in [2.05, 4.69) is 15.1 Å². The molecule has 0 aliphatic rings. The van der Waals surface area contributed by atoms with Crippen LogP contribution in [0.3, 0.4) is 0 Å². The number of nitrogens with zero attached hydrogens (tertiary/aromatic N) is 4. The molecule has 0 aliphatic heterocycles. The van der Waals surface area contributed by atoms with E-state index in [1.165, 1.54) is 0 Å². The van der Waals surface area contributed by atoms with E-state index in [9.17, 15) is 0 Å². The molecule has 1 atom stereocenters. The van der Waals surface area contributed by atoms with E-state index in [1.807, 2.05) is 30.5 Å². The summed E-state index contributed by atoms with van der Waals surface area (Å²) in [6.45, 7) is 4.36. The Kier molecular flexibility index (Phi) is 2.98. The number of halogens is 1. The molecular weight excluding hydrogens is 264 g/mol. The number of rotatable bonds is 3. The standard InChI is InChI=1S/C13H13ClN4O/c1-8-5-10(17-19-8)7-18-12-3-4-15-6-11(12)16-13(18)9(2)14/h3-6,9H,7H2,1-2H3. The number of hydrogen-bond donors (Lipinski definition) is 0.